The highest BCUT2D eigenvalue weighted by Crippen LogP contribution is 2.19. The third-order valence-corrected chi connectivity index (χ3v) is 16.4. The third kappa shape index (κ3) is 51.4. The fourth-order valence-corrected chi connectivity index (χ4v) is 10.9. The summed E-state index contributed by atoms with van der Waals surface area (Å²) < 4.78 is 16.4. The van der Waals surface area contributed by atoms with Crippen molar-refractivity contribution in [2.75, 3.05) is 67.6 Å². The van der Waals surface area contributed by atoms with Gasteiger partial charge in [0, 0.05) is 49.7 Å². The van der Waals surface area contributed by atoms with Crippen molar-refractivity contribution in [3.63, 3.8) is 0 Å². The molecule has 0 spiro atoms. The van der Waals surface area contributed by atoms with Gasteiger partial charge in [-0.3, -0.25) is 9.59 Å². The summed E-state index contributed by atoms with van der Waals surface area (Å²) in [7, 11) is 8.38. The molecule has 2 aromatic carbocycles. The molecule has 0 atom stereocenters. The summed E-state index contributed by atoms with van der Waals surface area (Å²) in [5.41, 5.74) is 6.92. The second-order valence-electron chi connectivity index (χ2n) is 25.2. The molecular formula is C74H134Cl6N6O5. The lowest BCUT2D eigenvalue weighted by Gasteiger charge is -2.17. The van der Waals surface area contributed by atoms with Gasteiger partial charge >= 0.3 is 0 Å². The Balaban J connectivity index is -0.000000503. The van der Waals surface area contributed by atoms with Crippen LogP contribution in [0.4, 0.5) is 0 Å². The number of hydrogen-bond donors (Lipinski definition) is 2. The summed E-state index contributed by atoms with van der Waals surface area (Å²) in [5.74, 6) is 0.943. The Labute approximate surface area is 593 Å². The molecule has 0 saturated heterocycles. The number of aryl methyl sites for hydroxylation is 2. The van der Waals surface area contributed by atoms with Gasteiger partial charge in [-0.1, -0.05) is 266 Å². The van der Waals surface area contributed by atoms with Crippen LogP contribution in [0, 0.1) is 13.8 Å². The van der Waals surface area contributed by atoms with E-state index < -0.39 is 0 Å². The molecule has 91 heavy (non-hydrogen) atoms. The third-order valence-electron chi connectivity index (χ3n) is 16.4. The minimum atomic E-state index is -0.0169. The molecule has 2 heterocycles. The minimum absolute atomic E-state index is 0. The highest BCUT2D eigenvalue weighted by molar-refractivity contribution is 5.86. The van der Waals surface area contributed by atoms with Crippen molar-refractivity contribution < 1.29 is 14.9 Å². The Morgan fingerprint density at radius 1 is 0.374 bits per heavy atom. The number of rotatable bonds is 52. The van der Waals surface area contributed by atoms with Gasteiger partial charge < -0.3 is 44.5 Å². The van der Waals surface area contributed by atoms with E-state index in [9.17, 15) is 9.59 Å². The van der Waals surface area contributed by atoms with Gasteiger partial charge in [-0.2, -0.15) is 0 Å². The smallest absolute Gasteiger partial charge is 0.223 e. The fraction of sp³-hybridized carbons (Fsp3) is 0.703. The summed E-state index contributed by atoms with van der Waals surface area (Å²) in [6, 6.07) is 20.8. The first-order valence-electron chi connectivity index (χ1n) is 34.5. The topological polar surface area (TPSA) is 124 Å². The summed E-state index contributed by atoms with van der Waals surface area (Å²) >= 11 is 0. The molecule has 0 unspecified atom stereocenters. The first kappa shape index (κ1) is 97.2. The zero-order valence-electron chi connectivity index (χ0n) is 58.4. The van der Waals surface area contributed by atoms with E-state index in [0.717, 1.165) is 76.3 Å². The number of nitrogens with one attached hydrogen (secondary N) is 2. The van der Waals surface area contributed by atoms with E-state index in [4.69, 9.17) is 9.47 Å². The molecule has 0 fully saturated rings. The van der Waals surface area contributed by atoms with Crippen molar-refractivity contribution in [3.8, 4) is 11.5 Å². The Bertz CT molecular complexity index is 2160. The summed E-state index contributed by atoms with van der Waals surface area (Å²) in [6.07, 6.45) is 49.3. The number of pyridine rings is 2. The van der Waals surface area contributed by atoms with E-state index in [1.165, 1.54) is 215 Å². The maximum absolute atomic E-state index is 12.9. The van der Waals surface area contributed by atoms with Crippen LogP contribution >= 0.6 is 74.4 Å². The number of aromatic nitrogens is 2. The summed E-state index contributed by atoms with van der Waals surface area (Å²) in [5, 5.41) is 7.03. The molecule has 4 rings (SSSR count). The van der Waals surface area contributed by atoms with Crippen molar-refractivity contribution in [3.05, 3.63) is 127 Å². The number of ether oxygens (including phenoxy) is 2. The molecule has 0 amide bonds. The van der Waals surface area contributed by atoms with Gasteiger partial charge in [-0.15, -0.1) is 74.4 Å². The van der Waals surface area contributed by atoms with Gasteiger partial charge in [0.15, 0.2) is 11.5 Å². The molecule has 4 aromatic rings. The lowest BCUT2D eigenvalue weighted by molar-refractivity contribution is 0.298. The molecule has 2 aromatic heterocycles. The normalized spacial score (nSPS) is 10.6. The highest BCUT2D eigenvalue weighted by atomic mass is 35.5. The van der Waals surface area contributed by atoms with Gasteiger partial charge in [0.05, 0.1) is 25.6 Å². The van der Waals surface area contributed by atoms with Crippen molar-refractivity contribution in [2.45, 2.75) is 272 Å². The van der Waals surface area contributed by atoms with Crippen LogP contribution in [0.2, 0.25) is 0 Å². The molecule has 0 aliphatic carbocycles. The highest BCUT2D eigenvalue weighted by Gasteiger charge is 2.12. The van der Waals surface area contributed by atoms with E-state index in [2.05, 4.69) is 134 Å². The number of hydrogen-bond acceptors (Lipinski definition) is 8. The molecule has 11 nitrogen and oxygen atoms in total. The Morgan fingerprint density at radius 2 is 0.626 bits per heavy atom. The first-order chi connectivity index (χ1) is 41.0. The first-order valence-corrected chi connectivity index (χ1v) is 34.5. The van der Waals surface area contributed by atoms with Gasteiger partial charge in [0.1, 0.15) is 0 Å². The predicted molar refractivity (Wildman–Crippen MR) is 409 cm³/mol. The SMILES string of the molecule is CCCCCCCCCCCCCCCCCCOc1cn(Cc2ccc(C)cc2)c(CNCCCN(C)C)cc1=O.CCCCCCCCCCCCCCCCCCOc1cn(Cc2ccc(C)cc2)c(CNCCCN(C)C)cc1=O.Cl.Cl.Cl.Cl.Cl.Cl.O. The molecule has 4 N–H and O–H groups in total. The molecule has 532 valence electrons. The Kier molecular flexibility index (Phi) is 70.6. The molecule has 0 saturated carbocycles. The largest absolute Gasteiger partial charge is 0.488 e. The fourth-order valence-electron chi connectivity index (χ4n) is 10.9. The average molecular weight is 1400 g/mol. The van der Waals surface area contributed by atoms with Gasteiger partial charge in [0.2, 0.25) is 10.9 Å². The van der Waals surface area contributed by atoms with Crippen LogP contribution in [0.3, 0.4) is 0 Å². The van der Waals surface area contributed by atoms with Gasteiger partial charge in [-0.05, 0) is 105 Å². The van der Waals surface area contributed by atoms with E-state index >= 15 is 0 Å². The van der Waals surface area contributed by atoms with Crippen molar-refractivity contribution in [1.82, 2.24) is 29.6 Å². The standard InChI is InChI=1S/2C37H63N3O2.6ClH.H2O/c2*1-5-6-7-8-9-10-11-12-13-14-15-16-17-18-19-20-28-42-37-32-40(31-34-24-22-33(2)23-25-34)35(29-36(37)41)30-38-26-21-27-39(3)4;;;;;;;/h2*22-25,29,32,38H,5-21,26-28,30-31H2,1-4H3;6*1H;1H2. The van der Waals surface area contributed by atoms with E-state index in [0.29, 0.717) is 37.8 Å². The number of nitrogens with zero attached hydrogens (tertiary/aromatic N) is 4. The van der Waals surface area contributed by atoms with Crippen LogP contribution in [0.5, 0.6) is 11.5 Å². The van der Waals surface area contributed by atoms with Gasteiger partial charge in [0.25, 0.3) is 0 Å². The van der Waals surface area contributed by atoms with Crippen molar-refractivity contribution in [2.24, 2.45) is 0 Å². The second kappa shape index (κ2) is 66.1. The van der Waals surface area contributed by atoms with Crippen LogP contribution in [0.15, 0.2) is 82.6 Å². The molecule has 0 aliphatic heterocycles. The minimum Gasteiger partial charge on any atom is -0.488 e. The zero-order valence-corrected chi connectivity index (χ0v) is 63.3. The summed E-state index contributed by atoms with van der Waals surface area (Å²) in [4.78, 5) is 30.2. The number of unbranched alkanes of at least 4 members (excludes halogenated alkanes) is 30. The molecule has 17 heteroatoms. The van der Waals surface area contributed by atoms with E-state index in [-0.39, 0.29) is 90.8 Å². The van der Waals surface area contributed by atoms with Crippen LogP contribution in [0.1, 0.15) is 266 Å². The molecule has 0 aliphatic rings. The van der Waals surface area contributed by atoms with Crippen molar-refractivity contribution in [1.29, 1.82) is 0 Å². The van der Waals surface area contributed by atoms with Crippen LogP contribution in [-0.4, -0.2) is 92.0 Å². The maximum atomic E-state index is 12.9. The average Bonchev–Trinajstić information content (AvgIpc) is 1.95. The van der Waals surface area contributed by atoms with Gasteiger partial charge in [-0.25, -0.2) is 0 Å². The number of halogens is 6. The maximum Gasteiger partial charge on any atom is 0.223 e. The number of benzene rings is 2. The van der Waals surface area contributed by atoms with Crippen molar-refractivity contribution >= 4 is 74.4 Å². The van der Waals surface area contributed by atoms with Crippen LogP contribution in [-0.2, 0) is 26.2 Å². The van der Waals surface area contributed by atoms with E-state index in [1.54, 1.807) is 12.1 Å². The lowest BCUT2D eigenvalue weighted by Crippen LogP contribution is -2.24. The zero-order chi connectivity index (χ0) is 60.5. The lowest BCUT2D eigenvalue weighted by atomic mass is 10.0. The Morgan fingerprint density at radius 3 is 0.879 bits per heavy atom. The molecular weight excluding hydrogens is 1270 g/mol. The second-order valence-corrected chi connectivity index (χ2v) is 25.2. The van der Waals surface area contributed by atoms with E-state index in [1.807, 2.05) is 12.4 Å². The quantitative estimate of drug-likeness (QED) is 0.0419. The molecule has 0 bridgehead atoms. The predicted octanol–water partition coefficient (Wildman–Crippen LogP) is 19.5. The molecule has 0 radical (unpaired) electrons. The van der Waals surface area contributed by atoms with Crippen LogP contribution < -0.4 is 31.0 Å². The summed E-state index contributed by atoms with van der Waals surface area (Å²) in [6.45, 7) is 16.8. The monoisotopic (exact) mass is 1400 g/mol. The Hall–Kier alpha value is -2.52. The van der Waals surface area contributed by atoms with Crippen LogP contribution in [0.25, 0.3) is 0 Å².